The number of carbonyl (C=O) groups is 4. The fourth-order valence-electron chi connectivity index (χ4n) is 11.5. The van der Waals surface area contributed by atoms with Gasteiger partial charge < -0.3 is 33.8 Å². The molecular formula is C76H148O17P2. The van der Waals surface area contributed by atoms with Gasteiger partial charge in [-0.1, -0.05) is 331 Å². The third-order valence-electron chi connectivity index (χ3n) is 17.9. The predicted octanol–water partition coefficient (Wildman–Crippen LogP) is 22.0. The molecule has 19 heteroatoms. The lowest BCUT2D eigenvalue weighted by Crippen LogP contribution is -2.30. The van der Waals surface area contributed by atoms with Gasteiger partial charge in [0, 0.05) is 25.7 Å². The Labute approximate surface area is 581 Å². The van der Waals surface area contributed by atoms with Crippen molar-refractivity contribution < 1.29 is 80.2 Å². The number of ether oxygens (including phenoxy) is 4. The lowest BCUT2D eigenvalue weighted by Gasteiger charge is -2.21. The minimum Gasteiger partial charge on any atom is -0.462 e. The molecule has 17 nitrogen and oxygen atoms in total. The Hall–Kier alpha value is -1.94. The monoisotopic (exact) mass is 1400 g/mol. The third kappa shape index (κ3) is 69.0. The van der Waals surface area contributed by atoms with E-state index in [-0.39, 0.29) is 25.7 Å². The molecule has 0 aromatic rings. The van der Waals surface area contributed by atoms with Gasteiger partial charge >= 0.3 is 39.5 Å². The minimum atomic E-state index is -4.96. The van der Waals surface area contributed by atoms with Crippen molar-refractivity contribution in [1.82, 2.24) is 0 Å². The zero-order chi connectivity index (χ0) is 70.3. The van der Waals surface area contributed by atoms with Crippen LogP contribution in [0.2, 0.25) is 0 Å². The highest BCUT2D eigenvalue weighted by Crippen LogP contribution is 2.45. The second kappa shape index (κ2) is 65.4. The van der Waals surface area contributed by atoms with E-state index in [0.717, 1.165) is 114 Å². The summed E-state index contributed by atoms with van der Waals surface area (Å²) in [6.07, 6.45) is 50.2. The Balaban J connectivity index is 5.23. The maximum absolute atomic E-state index is 13.1. The fraction of sp³-hybridized carbons (Fsp3) is 0.947. The van der Waals surface area contributed by atoms with Crippen LogP contribution in [0.5, 0.6) is 0 Å². The molecule has 0 fully saturated rings. The van der Waals surface area contributed by atoms with E-state index in [4.69, 9.17) is 37.0 Å². The molecule has 0 amide bonds. The number of unbranched alkanes of at least 4 members (excludes halogenated alkanes) is 38. The second-order valence-electron chi connectivity index (χ2n) is 29.1. The SMILES string of the molecule is CCC(C)CCCCCCCCC(=O)O[C@H](COC(=O)CCCCCCCCCC(C)C)COP(=O)(O)OCC(O)COP(=O)(O)OC[C@@H](COC(=O)CCCCCCCCCCCCCCCC(C)C)OC(=O)CCCCCCCCCCCCCCCCCCC(C)C. The molecule has 0 saturated carbocycles. The van der Waals surface area contributed by atoms with Crippen LogP contribution in [-0.2, 0) is 65.4 Å². The fourth-order valence-corrected chi connectivity index (χ4v) is 13.1. The predicted molar refractivity (Wildman–Crippen MR) is 386 cm³/mol. The zero-order valence-corrected chi connectivity index (χ0v) is 64.1. The third-order valence-corrected chi connectivity index (χ3v) is 19.8. The van der Waals surface area contributed by atoms with E-state index in [1.165, 1.54) is 180 Å². The van der Waals surface area contributed by atoms with Gasteiger partial charge in [0.2, 0.25) is 0 Å². The molecule has 0 heterocycles. The number of phosphoric acid groups is 2. The zero-order valence-electron chi connectivity index (χ0n) is 62.3. The summed E-state index contributed by atoms with van der Waals surface area (Å²) in [5, 5.41) is 10.6. The van der Waals surface area contributed by atoms with Crippen LogP contribution in [0, 0.1) is 23.7 Å². The number of aliphatic hydroxyl groups is 1. The average Bonchev–Trinajstić information content (AvgIpc) is 1.76. The maximum atomic E-state index is 13.1. The number of aliphatic hydroxyl groups excluding tert-OH is 1. The lowest BCUT2D eigenvalue weighted by molar-refractivity contribution is -0.161. The second-order valence-corrected chi connectivity index (χ2v) is 32.0. The van der Waals surface area contributed by atoms with E-state index < -0.39 is 97.5 Å². The van der Waals surface area contributed by atoms with Crippen LogP contribution in [0.15, 0.2) is 0 Å². The van der Waals surface area contributed by atoms with Crippen molar-refractivity contribution in [3.63, 3.8) is 0 Å². The molecule has 0 bridgehead atoms. The highest BCUT2D eigenvalue weighted by molar-refractivity contribution is 7.47. The van der Waals surface area contributed by atoms with Crippen molar-refractivity contribution in [2.45, 2.75) is 401 Å². The number of carbonyl (C=O) groups excluding carboxylic acids is 4. The number of rotatable bonds is 73. The van der Waals surface area contributed by atoms with Gasteiger partial charge in [-0.15, -0.1) is 0 Å². The average molecular weight is 1400 g/mol. The Morgan fingerprint density at radius 1 is 0.295 bits per heavy atom. The van der Waals surface area contributed by atoms with Crippen molar-refractivity contribution in [3.05, 3.63) is 0 Å². The van der Waals surface area contributed by atoms with Crippen LogP contribution >= 0.6 is 15.6 Å². The Bertz CT molecular complexity index is 1870. The van der Waals surface area contributed by atoms with Crippen molar-refractivity contribution in [3.8, 4) is 0 Å². The van der Waals surface area contributed by atoms with E-state index in [0.29, 0.717) is 31.6 Å². The van der Waals surface area contributed by atoms with Crippen LogP contribution in [0.3, 0.4) is 0 Å². The number of hydrogen-bond donors (Lipinski definition) is 3. The highest BCUT2D eigenvalue weighted by Gasteiger charge is 2.30. The van der Waals surface area contributed by atoms with E-state index in [9.17, 15) is 43.2 Å². The van der Waals surface area contributed by atoms with Crippen molar-refractivity contribution >= 4 is 39.5 Å². The molecule has 0 aromatic heterocycles. The van der Waals surface area contributed by atoms with Gasteiger partial charge in [-0.05, 0) is 49.4 Å². The van der Waals surface area contributed by atoms with E-state index in [1.54, 1.807) is 0 Å². The van der Waals surface area contributed by atoms with E-state index >= 15 is 0 Å². The molecule has 0 aliphatic rings. The smallest absolute Gasteiger partial charge is 0.462 e. The molecule has 0 rings (SSSR count). The van der Waals surface area contributed by atoms with Gasteiger partial charge in [-0.25, -0.2) is 9.13 Å². The molecule has 4 unspecified atom stereocenters. The molecule has 0 aliphatic carbocycles. The number of phosphoric ester groups is 2. The quantitative estimate of drug-likeness (QED) is 0.0222. The minimum absolute atomic E-state index is 0.102. The molecule has 0 radical (unpaired) electrons. The Morgan fingerprint density at radius 2 is 0.505 bits per heavy atom. The summed E-state index contributed by atoms with van der Waals surface area (Å²) in [7, 11) is -9.91. The van der Waals surface area contributed by atoms with Gasteiger partial charge in [0.15, 0.2) is 12.2 Å². The summed E-state index contributed by atoms with van der Waals surface area (Å²) >= 11 is 0. The van der Waals surface area contributed by atoms with Gasteiger partial charge in [0.05, 0.1) is 26.4 Å². The standard InChI is InChI=1S/C76H148O17P2/c1-9-69(8)55-47-39-34-35-43-51-59-76(81)93-72(63-87-74(79)57-49-41-33-27-30-38-46-54-68(6)7)65-91-95(84,85)89-61-70(77)60-88-94(82,83)90-64-71(62-86-73(78)56-48-40-31-25-21-18-14-16-20-24-29-37-45-53-67(4)5)92-75(80)58-50-42-32-26-22-17-13-11-10-12-15-19-23-28-36-44-52-66(2)3/h66-72,77H,9-65H2,1-8H3,(H,82,83)(H,84,85)/t69?,70?,71-,72-/m1/s1. The molecular weight excluding hydrogens is 1250 g/mol. The molecule has 0 saturated heterocycles. The first-order valence-electron chi connectivity index (χ1n) is 39.2. The van der Waals surface area contributed by atoms with Crippen LogP contribution in [0.1, 0.15) is 383 Å². The molecule has 6 atom stereocenters. The van der Waals surface area contributed by atoms with Crippen LogP contribution in [0.4, 0.5) is 0 Å². The highest BCUT2D eigenvalue weighted by atomic mass is 31.2. The summed E-state index contributed by atoms with van der Waals surface area (Å²) in [6.45, 7) is 14.1. The molecule has 95 heavy (non-hydrogen) atoms. The lowest BCUT2D eigenvalue weighted by atomic mass is 10.00. The maximum Gasteiger partial charge on any atom is 0.472 e. The van der Waals surface area contributed by atoms with Crippen LogP contribution in [0.25, 0.3) is 0 Å². The Kier molecular flexibility index (Phi) is 64.0. The topological polar surface area (TPSA) is 237 Å². The van der Waals surface area contributed by atoms with Gasteiger partial charge in [-0.2, -0.15) is 0 Å². The van der Waals surface area contributed by atoms with Crippen molar-refractivity contribution in [2.24, 2.45) is 23.7 Å². The van der Waals surface area contributed by atoms with Gasteiger partial charge in [0.25, 0.3) is 0 Å². The molecule has 564 valence electrons. The van der Waals surface area contributed by atoms with Crippen molar-refractivity contribution in [2.75, 3.05) is 39.6 Å². The summed E-state index contributed by atoms with van der Waals surface area (Å²) in [5.74, 6) is 0.901. The number of esters is 4. The normalized spacial score (nSPS) is 14.4. The molecule has 0 aromatic carbocycles. The first kappa shape index (κ1) is 93.1. The van der Waals surface area contributed by atoms with Gasteiger partial charge in [0.1, 0.15) is 19.3 Å². The number of hydrogen-bond acceptors (Lipinski definition) is 15. The molecule has 3 N–H and O–H groups in total. The van der Waals surface area contributed by atoms with E-state index in [2.05, 4.69) is 55.4 Å². The summed E-state index contributed by atoms with van der Waals surface area (Å²) < 4.78 is 68.5. The molecule has 0 aliphatic heterocycles. The largest absolute Gasteiger partial charge is 0.472 e. The summed E-state index contributed by atoms with van der Waals surface area (Å²) in [6, 6.07) is 0. The summed E-state index contributed by atoms with van der Waals surface area (Å²) in [5.41, 5.74) is 0. The summed E-state index contributed by atoms with van der Waals surface area (Å²) in [4.78, 5) is 72.8. The van der Waals surface area contributed by atoms with E-state index in [1.807, 2.05) is 0 Å². The van der Waals surface area contributed by atoms with Crippen LogP contribution < -0.4 is 0 Å². The van der Waals surface area contributed by atoms with Crippen molar-refractivity contribution in [1.29, 1.82) is 0 Å². The van der Waals surface area contributed by atoms with Crippen LogP contribution in [-0.4, -0.2) is 96.7 Å². The first-order chi connectivity index (χ1) is 45.6. The van der Waals surface area contributed by atoms with Gasteiger partial charge in [-0.3, -0.25) is 37.3 Å². The molecule has 0 spiro atoms. The first-order valence-corrected chi connectivity index (χ1v) is 42.2. The Morgan fingerprint density at radius 3 is 0.747 bits per heavy atom.